The first-order valence-electron chi connectivity index (χ1n) is 13.9. The van der Waals surface area contributed by atoms with Gasteiger partial charge in [0.05, 0.1) is 11.7 Å². The first-order valence-corrected chi connectivity index (χ1v) is 13.9. The van der Waals surface area contributed by atoms with E-state index in [1.165, 1.54) is 0 Å². The first-order chi connectivity index (χ1) is 18.3. The van der Waals surface area contributed by atoms with E-state index in [1.54, 1.807) is 6.08 Å². The summed E-state index contributed by atoms with van der Waals surface area (Å²) < 4.78 is 0. The van der Waals surface area contributed by atoms with Crippen LogP contribution >= 0.6 is 0 Å². The SMILES string of the molecule is C=C/C=C(\C=C/CC(C)(C)C=O)C(O)CCCN(CC)CCCC(O)(c1ccccc1)C1C=CC=CC=C1. The van der Waals surface area contributed by atoms with Crippen molar-refractivity contribution in [1.29, 1.82) is 0 Å². The lowest BCUT2D eigenvalue weighted by Gasteiger charge is -2.34. The maximum absolute atomic E-state index is 11.9. The molecule has 206 valence electrons. The van der Waals surface area contributed by atoms with Gasteiger partial charge in [-0.3, -0.25) is 0 Å². The number of aldehydes is 1. The van der Waals surface area contributed by atoms with Gasteiger partial charge in [0.25, 0.3) is 0 Å². The van der Waals surface area contributed by atoms with Crippen LogP contribution in [0.25, 0.3) is 0 Å². The molecule has 1 aliphatic rings. The van der Waals surface area contributed by atoms with Crippen LogP contribution in [0.5, 0.6) is 0 Å². The molecule has 4 nitrogen and oxygen atoms in total. The van der Waals surface area contributed by atoms with Crippen LogP contribution in [0.15, 0.2) is 103 Å². The normalized spacial score (nSPS) is 17.1. The van der Waals surface area contributed by atoms with Crippen molar-refractivity contribution in [2.75, 3.05) is 19.6 Å². The van der Waals surface area contributed by atoms with Crippen molar-refractivity contribution < 1.29 is 15.0 Å². The Balaban J connectivity index is 1.92. The number of nitrogens with zero attached hydrogens (tertiary/aromatic N) is 1. The quantitative estimate of drug-likeness (QED) is 0.178. The molecule has 0 heterocycles. The monoisotopic (exact) mass is 517 g/mol. The van der Waals surface area contributed by atoms with Gasteiger partial charge in [-0.05, 0) is 62.9 Å². The number of carbonyl (C=O) groups is 1. The minimum absolute atomic E-state index is 0.0923. The van der Waals surface area contributed by atoms with Crippen molar-refractivity contribution in [1.82, 2.24) is 4.90 Å². The maximum atomic E-state index is 11.9. The zero-order valence-corrected chi connectivity index (χ0v) is 23.5. The lowest BCUT2D eigenvalue weighted by molar-refractivity contribution is -0.114. The van der Waals surface area contributed by atoms with Gasteiger partial charge in [-0.15, -0.1) is 0 Å². The summed E-state index contributed by atoms with van der Waals surface area (Å²) in [6.07, 6.45) is 23.6. The molecule has 0 aliphatic heterocycles. The van der Waals surface area contributed by atoms with E-state index in [2.05, 4.69) is 30.6 Å². The van der Waals surface area contributed by atoms with Gasteiger partial charge in [0.15, 0.2) is 0 Å². The lowest BCUT2D eigenvalue weighted by Crippen LogP contribution is -2.35. The van der Waals surface area contributed by atoms with Crippen LogP contribution in [-0.4, -0.2) is 47.1 Å². The third-order valence-corrected chi connectivity index (χ3v) is 7.20. The topological polar surface area (TPSA) is 60.8 Å². The molecule has 2 N–H and O–H groups in total. The predicted molar refractivity (Wildman–Crippen MR) is 160 cm³/mol. The fourth-order valence-corrected chi connectivity index (χ4v) is 4.74. The molecule has 1 aromatic carbocycles. The molecular formula is C34H47NO3. The average molecular weight is 518 g/mol. The Labute approximate surface area is 230 Å². The first kappa shape index (κ1) is 31.4. The number of benzene rings is 1. The van der Waals surface area contributed by atoms with Crippen molar-refractivity contribution in [2.45, 2.75) is 64.6 Å². The number of rotatable bonds is 17. The fourth-order valence-electron chi connectivity index (χ4n) is 4.74. The molecule has 2 atom stereocenters. The number of aliphatic hydroxyl groups excluding tert-OH is 1. The molecule has 0 spiro atoms. The summed E-state index contributed by atoms with van der Waals surface area (Å²) in [5, 5.41) is 22.7. The van der Waals surface area contributed by atoms with Gasteiger partial charge >= 0.3 is 0 Å². The Hall–Kier alpha value is -2.79. The van der Waals surface area contributed by atoms with Crippen molar-refractivity contribution >= 4 is 6.29 Å². The van der Waals surface area contributed by atoms with Crippen molar-refractivity contribution in [3.63, 3.8) is 0 Å². The number of aliphatic hydroxyl groups is 2. The Morgan fingerprint density at radius 1 is 1.08 bits per heavy atom. The summed E-state index contributed by atoms with van der Waals surface area (Å²) in [5.41, 5.74) is 0.384. The van der Waals surface area contributed by atoms with E-state index in [1.807, 2.05) is 86.7 Å². The van der Waals surface area contributed by atoms with E-state index < -0.39 is 17.1 Å². The molecule has 0 saturated carbocycles. The van der Waals surface area contributed by atoms with E-state index in [-0.39, 0.29) is 5.92 Å². The highest BCUT2D eigenvalue weighted by molar-refractivity contribution is 5.58. The smallest absolute Gasteiger partial charge is 0.125 e. The molecule has 1 aromatic rings. The van der Waals surface area contributed by atoms with E-state index in [4.69, 9.17) is 0 Å². The van der Waals surface area contributed by atoms with Gasteiger partial charge in [0.2, 0.25) is 0 Å². The molecule has 0 radical (unpaired) electrons. The van der Waals surface area contributed by atoms with Crippen LogP contribution in [0.3, 0.4) is 0 Å². The van der Waals surface area contributed by atoms with Gasteiger partial charge in [0.1, 0.15) is 6.29 Å². The largest absolute Gasteiger partial charge is 0.388 e. The zero-order valence-electron chi connectivity index (χ0n) is 23.5. The highest BCUT2D eigenvalue weighted by Gasteiger charge is 2.35. The lowest BCUT2D eigenvalue weighted by atomic mass is 9.77. The average Bonchev–Trinajstić information content (AvgIpc) is 3.22. The Kier molecular flexibility index (Phi) is 13.4. The molecule has 0 amide bonds. The minimum Gasteiger partial charge on any atom is -0.388 e. The van der Waals surface area contributed by atoms with Crippen LogP contribution in [0.1, 0.15) is 58.4 Å². The van der Waals surface area contributed by atoms with Gasteiger partial charge in [-0.2, -0.15) is 0 Å². The molecule has 0 fully saturated rings. The summed E-state index contributed by atoms with van der Waals surface area (Å²) in [6, 6.07) is 9.98. The Morgan fingerprint density at radius 2 is 1.74 bits per heavy atom. The Bertz CT molecular complexity index is 986. The highest BCUT2D eigenvalue weighted by Crippen LogP contribution is 2.37. The standard InChI is InChI=1S/C34H47NO3/c1-5-17-29(18-14-24-33(3,4)28-36)32(37)23-15-26-35(6-2)27-16-25-34(38,31-21-12-9-13-22-31)30-19-10-7-8-11-20-30/h5,7-14,17-22,28,30,32,37-38H,1,6,15-16,23-27H2,2-4H3/b18-14-,29-17+. The second-order valence-electron chi connectivity index (χ2n) is 10.8. The van der Waals surface area contributed by atoms with Crippen molar-refractivity contribution in [3.8, 4) is 0 Å². The number of hydrogen-bond donors (Lipinski definition) is 2. The second kappa shape index (κ2) is 16.2. The number of allylic oxidation sites excluding steroid dienone is 7. The molecular weight excluding hydrogens is 470 g/mol. The van der Waals surface area contributed by atoms with E-state index >= 15 is 0 Å². The van der Waals surface area contributed by atoms with Crippen molar-refractivity contribution in [3.05, 3.63) is 109 Å². The maximum Gasteiger partial charge on any atom is 0.125 e. The molecule has 0 bridgehead atoms. The van der Waals surface area contributed by atoms with Crippen LogP contribution in [0.2, 0.25) is 0 Å². The molecule has 0 saturated heterocycles. The highest BCUT2D eigenvalue weighted by atomic mass is 16.3. The van der Waals surface area contributed by atoms with Crippen LogP contribution in [0.4, 0.5) is 0 Å². The zero-order chi connectivity index (χ0) is 27.9. The van der Waals surface area contributed by atoms with Crippen LogP contribution in [-0.2, 0) is 10.4 Å². The summed E-state index contributed by atoms with van der Waals surface area (Å²) in [4.78, 5) is 13.5. The third-order valence-electron chi connectivity index (χ3n) is 7.20. The van der Waals surface area contributed by atoms with Gasteiger partial charge < -0.3 is 19.9 Å². The fraction of sp³-hybridized carbons (Fsp3) is 0.441. The molecule has 4 heteroatoms. The van der Waals surface area contributed by atoms with E-state index in [0.29, 0.717) is 19.3 Å². The van der Waals surface area contributed by atoms with Crippen LogP contribution < -0.4 is 0 Å². The van der Waals surface area contributed by atoms with Gasteiger partial charge in [-0.25, -0.2) is 0 Å². The molecule has 0 aromatic heterocycles. The number of hydrogen-bond acceptors (Lipinski definition) is 4. The van der Waals surface area contributed by atoms with Gasteiger partial charge in [-0.1, -0.05) is 118 Å². The minimum atomic E-state index is -0.967. The third kappa shape index (κ3) is 10.2. The van der Waals surface area contributed by atoms with Crippen molar-refractivity contribution in [2.24, 2.45) is 11.3 Å². The molecule has 2 rings (SSSR count). The van der Waals surface area contributed by atoms with E-state index in [9.17, 15) is 15.0 Å². The Morgan fingerprint density at radius 3 is 2.34 bits per heavy atom. The predicted octanol–water partition coefficient (Wildman–Crippen LogP) is 6.70. The van der Waals surface area contributed by atoms with Crippen LogP contribution in [0, 0.1) is 11.3 Å². The molecule has 2 unspecified atom stereocenters. The summed E-state index contributed by atoms with van der Waals surface area (Å²) >= 11 is 0. The molecule has 1 aliphatic carbocycles. The number of carbonyl (C=O) groups excluding carboxylic acids is 1. The second-order valence-corrected chi connectivity index (χ2v) is 10.8. The van der Waals surface area contributed by atoms with Gasteiger partial charge in [0, 0.05) is 11.3 Å². The summed E-state index contributed by atoms with van der Waals surface area (Å²) in [5.74, 6) is -0.0923. The van der Waals surface area contributed by atoms with E-state index in [0.717, 1.165) is 49.9 Å². The summed E-state index contributed by atoms with van der Waals surface area (Å²) in [6.45, 7) is 12.4. The summed E-state index contributed by atoms with van der Waals surface area (Å²) in [7, 11) is 0. The molecule has 38 heavy (non-hydrogen) atoms.